The first-order valence-electron chi connectivity index (χ1n) is 7.81. The summed E-state index contributed by atoms with van der Waals surface area (Å²) < 4.78 is 7.57. The highest BCUT2D eigenvalue weighted by Crippen LogP contribution is 2.22. The van der Waals surface area contributed by atoms with Gasteiger partial charge in [0.1, 0.15) is 12.1 Å². The van der Waals surface area contributed by atoms with Gasteiger partial charge in [-0.15, -0.1) is 10.2 Å². The summed E-state index contributed by atoms with van der Waals surface area (Å²) in [5, 5.41) is 11.7. The van der Waals surface area contributed by atoms with E-state index in [2.05, 4.69) is 15.5 Å². The van der Waals surface area contributed by atoms with E-state index in [0.717, 1.165) is 28.0 Å². The fourth-order valence-electron chi connectivity index (χ4n) is 2.25. The Bertz CT molecular complexity index is 836. The molecule has 1 N–H and O–H groups in total. The van der Waals surface area contributed by atoms with Gasteiger partial charge in [-0.1, -0.05) is 36.0 Å². The van der Waals surface area contributed by atoms with Crippen molar-refractivity contribution in [1.29, 1.82) is 0 Å². The van der Waals surface area contributed by atoms with Crippen LogP contribution in [0.15, 0.2) is 66.1 Å². The Balaban J connectivity index is 1.61. The van der Waals surface area contributed by atoms with Gasteiger partial charge in [-0.3, -0.25) is 9.36 Å². The Morgan fingerprint density at radius 2 is 2.04 bits per heavy atom. The summed E-state index contributed by atoms with van der Waals surface area (Å²) in [5.74, 6) is 1.50. The normalized spacial score (nSPS) is 10.4. The van der Waals surface area contributed by atoms with Crippen LogP contribution in [0.4, 0.5) is 5.69 Å². The van der Waals surface area contributed by atoms with Crippen molar-refractivity contribution in [2.24, 2.45) is 0 Å². The Morgan fingerprint density at radius 3 is 2.84 bits per heavy atom. The van der Waals surface area contributed by atoms with Crippen LogP contribution < -0.4 is 10.1 Å². The number of ether oxygens (including phenoxy) is 1. The van der Waals surface area contributed by atoms with Gasteiger partial charge in [0, 0.05) is 18.4 Å². The molecule has 128 valence electrons. The first-order chi connectivity index (χ1) is 12.2. The summed E-state index contributed by atoms with van der Waals surface area (Å²) in [5.41, 5.74) is 1.63. The van der Waals surface area contributed by atoms with E-state index in [0.29, 0.717) is 6.61 Å². The average Bonchev–Trinajstić information content (AvgIpc) is 3.08. The van der Waals surface area contributed by atoms with Crippen LogP contribution in [0.2, 0.25) is 0 Å². The summed E-state index contributed by atoms with van der Waals surface area (Å²) in [7, 11) is 0. The summed E-state index contributed by atoms with van der Waals surface area (Å²) in [6.07, 6.45) is 1.66. The summed E-state index contributed by atoms with van der Waals surface area (Å²) in [4.78, 5) is 11.2. The minimum atomic E-state index is -0.103. The number of hydrogen-bond donors (Lipinski definition) is 1. The van der Waals surface area contributed by atoms with Gasteiger partial charge in [-0.05, 0) is 30.3 Å². The van der Waals surface area contributed by atoms with Gasteiger partial charge in [0.2, 0.25) is 5.91 Å². The standard InChI is InChI=1S/C18H18N4O2S/c1-14(23)20-15-6-5-7-16(12-15)22-13-19-21-18(22)25-11-10-24-17-8-3-2-4-9-17/h2-9,12-13H,10-11H2,1H3,(H,20,23). The van der Waals surface area contributed by atoms with Gasteiger partial charge in [0.15, 0.2) is 5.16 Å². The number of aromatic nitrogens is 3. The molecule has 6 nitrogen and oxygen atoms in total. The molecule has 25 heavy (non-hydrogen) atoms. The van der Waals surface area contributed by atoms with Crippen molar-refractivity contribution >= 4 is 23.4 Å². The van der Waals surface area contributed by atoms with Crippen molar-refractivity contribution in [2.45, 2.75) is 12.1 Å². The van der Waals surface area contributed by atoms with E-state index < -0.39 is 0 Å². The Hall–Kier alpha value is -2.80. The van der Waals surface area contributed by atoms with E-state index in [1.165, 1.54) is 6.92 Å². The predicted molar refractivity (Wildman–Crippen MR) is 98.3 cm³/mol. The smallest absolute Gasteiger partial charge is 0.221 e. The number of rotatable bonds is 7. The molecule has 0 saturated heterocycles. The molecule has 0 aliphatic carbocycles. The maximum absolute atomic E-state index is 11.2. The minimum absolute atomic E-state index is 0.103. The van der Waals surface area contributed by atoms with Gasteiger partial charge >= 0.3 is 0 Å². The summed E-state index contributed by atoms with van der Waals surface area (Å²) >= 11 is 1.56. The molecular weight excluding hydrogens is 336 g/mol. The van der Waals surface area contributed by atoms with E-state index in [1.807, 2.05) is 59.2 Å². The second-order valence-corrected chi connectivity index (χ2v) is 6.29. The highest BCUT2D eigenvalue weighted by Gasteiger charge is 2.08. The third-order valence-electron chi connectivity index (χ3n) is 3.29. The van der Waals surface area contributed by atoms with E-state index in [-0.39, 0.29) is 5.91 Å². The number of hydrogen-bond acceptors (Lipinski definition) is 5. The molecule has 0 fully saturated rings. The number of para-hydroxylation sites is 1. The van der Waals surface area contributed by atoms with E-state index in [9.17, 15) is 4.79 Å². The largest absolute Gasteiger partial charge is 0.493 e. The Labute approximate surface area is 150 Å². The zero-order chi connectivity index (χ0) is 17.5. The van der Waals surface area contributed by atoms with Gasteiger partial charge in [-0.2, -0.15) is 0 Å². The predicted octanol–water partition coefficient (Wildman–Crippen LogP) is 3.40. The lowest BCUT2D eigenvalue weighted by Gasteiger charge is -2.09. The Kier molecular flexibility index (Phi) is 5.69. The van der Waals surface area contributed by atoms with Crippen LogP contribution in [-0.4, -0.2) is 33.0 Å². The first-order valence-corrected chi connectivity index (χ1v) is 8.79. The van der Waals surface area contributed by atoms with Crippen molar-refractivity contribution in [3.8, 4) is 11.4 Å². The van der Waals surface area contributed by atoms with Crippen LogP contribution in [0.5, 0.6) is 5.75 Å². The maximum Gasteiger partial charge on any atom is 0.221 e. The molecule has 0 aliphatic rings. The molecule has 7 heteroatoms. The van der Waals surface area contributed by atoms with Crippen LogP contribution in [-0.2, 0) is 4.79 Å². The lowest BCUT2D eigenvalue weighted by atomic mass is 10.2. The average molecular weight is 354 g/mol. The number of thioether (sulfide) groups is 1. The van der Waals surface area contributed by atoms with Gasteiger partial charge in [0.05, 0.1) is 12.3 Å². The van der Waals surface area contributed by atoms with Crippen molar-refractivity contribution < 1.29 is 9.53 Å². The number of anilines is 1. The van der Waals surface area contributed by atoms with Crippen LogP contribution in [0.1, 0.15) is 6.92 Å². The van der Waals surface area contributed by atoms with Gasteiger partial charge in [-0.25, -0.2) is 0 Å². The molecule has 0 saturated carbocycles. The molecule has 3 rings (SSSR count). The minimum Gasteiger partial charge on any atom is -0.493 e. The highest BCUT2D eigenvalue weighted by atomic mass is 32.2. The first kappa shape index (κ1) is 17.0. The number of amides is 1. The summed E-state index contributed by atoms with van der Waals surface area (Å²) in [6.45, 7) is 2.06. The van der Waals surface area contributed by atoms with Crippen molar-refractivity contribution in [3.63, 3.8) is 0 Å². The van der Waals surface area contributed by atoms with E-state index >= 15 is 0 Å². The Morgan fingerprint density at radius 1 is 1.20 bits per heavy atom. The molecular formula is C18H18N4O2S. The monoisotopic (exact) mass is 354 g/mol. The van der Waals surface area contributed by atoms with Crippen LogP contribution in [0, 0.1) is 0 Å². The summed E-state index contributed by atoms with van der Waals surface area (Å²) in [6, 6.07) is 17.3. The van der Waals surface area contributed by atoms with E-state index in [4.69, 9.17) is 4.74 Å². The molecule has 1 aromatic heterocycles. The van der Waals surface area contributed by atoms with Gasteiger partial charge in [0.25, 0.3) is 0 Å². The molecule has 0 unspecified atom stereocenters. The molecule has 0 spiro atoms. The van der Waals surface area contributed by atoms with Crippen LogP contribution in [0.25, 0.3) is 5.69 Å². The molecule has 2 aromatic carbocycles. The number of benzene rings is 2. The molecule has 1 heterocycles. The fraction of sp³-hybridized carbons (Fsp3) is 0.167. The molecule has 3 aromatic rings. The highest BCUT2D eigenvalue weighted by molar-refractivity contribution is 7.99. The van der Waals surface area contributed by atoms with Gasteiger partial charge < -0.3 is 10.1 Å². The third-order valence-corrected chi connectivity index (χ3v) is 4.19. The number of nitrogens with zero attached hydrogens (tertiary/aromatic N) is 3. The maximum atomic E-state index is 11.2. The molecule has 0 atom stereocenters. The molecule has 1 amide bonds. The number of carbonyl (C=O) groups is 1. The van der Waals surface area contributed by atoms with Crippen LogP contribution in [0.3, 0.4) is 0 Å². The van der Waals surface area contributed by atoms with E-state index in [1.54, 1.807) is 18.1 Å². The second-order valence-electron chi connectivity index (χ2n) is 5.23. The number of carbonyl (C=O) groups excluding carboxylic acids is 1. The third kappa shape index (κ3) is 4.84. The van der Waals surface area contributed by atoms with Crippen LogP contribution >= 0.6 is 11.8 Å². The molecule has 0 radical (unpaired) electrons. The lowest BCUT2D eigenvalue weighted by molar-refractivity contribution is -0.114. The molecule has 0 aliphatic heterocycles. The SMILES string of the molecule is CC(=O)Nc1cccc(-n2cnnc2SCCOc2ccccc2)c1. The zero-order valence-corrected chi connectivity index (χ0v) is 14.6. The molecule has 0 bridgehead atoms. The van der Waals surface area contributed by atoms with Crippen molar-refractivity contribution in [1.82, 2.24) is 14.8 Å². The number of nitrogens with one attached hydrogen (secondary N) is 1. The quantitative estimate of drug-likeness (QED) is 0.520. The topological polar surface area (TPSA) is 69.0 Å². The van der Waals surface area contributed by atoms with Crippen molar-refractivity contribution in [3.05, 3.63) is 60.9 Å². The van der Waals surface area contributed by atoms with Crippen molar-refractivity contribution in [2.75, 3.05) is 17.7 Å². The second kappa shape index (κ2) is 8.34. The fourth-order valence-corrected chi connectivity index (χ4v) is 2.99. The zero-order valence-electron chi connectivity index (χ0n) is 13.8. The lowest BCUT2D eigenvalue weighted by Crippen LogP contribution is -2.06.